The average Bonchev–Trinajstić information content (AvgIpc) is 3.26. The van der Waals surface area contributed by atoms with Crippen LogP contribution in [0.2, 0.25) is 0 Å². The summed E-state index contributed by atoms with van der Waals surface area (Å²) in [6.07, 6.45) is 5.22. The van der Waals surface area contributed by atoms with Crippen molar-refractivity contribution < 1.29 is 14.4 Å². The molecule has 9 heteroatoms. The maximum atomic E-state index is 12.0. The Kier molecular flexibility index (Phi) is 5.22. The molecule has 2 N–H and O–H groups in total. The zero-order chi connectivity index (χ0) is 17.7. The lowest BCUT2D eigenvalue weighted by atomic mass is 10.0. The summed E-state index contributed by atoms with van der Waals surface area (Å²) >= 11 is 0. The fourth-order valence-electron chi connectivity index (χ4n) is 2.73. The normalized spacial score (nSPS) is 20.0. The molecule has 0 unspecified atom stereocenters. The van der Waals surface area contributed by atoms with Gasteiger partial charge in [-0.3, -0.25) is 4.79 Å². The van der Waals surface area contributed by atoms with E-state index in [-0.39, 0.29) is 18.9 Å². The summed E-state index contributed by atoms with van der Waals surface area (Å²) in [6, 6.07) is 1.75. The van der Waals surface area contributed by atoms with Crippen LogP contribution in [0, 0.1) is 0 Å². The van der Waals surface area contributed by atoms with Gasteiger partial charge >= 0.3 is 0 Å². The van der Waals surface area contributed by atoms with E-state index in [0.717, 1.165) is 0 Å². The molecule has 3 rings (SSSR count). The molecular weight excluding hydrogens is 324 g/mol. The molecule has 0 bridgehead atoms. The van der Waals surface area contributed by atoms with Crippen molar-refractivity contribution in [2.24, 2.45) is 0 Å². The molecule has 0 spiro atoms. The summed E-state index contributed by atoms with van der Waals surface area (Å²) in [4.78, 5) is 26.4. The van der Waals surface area contributed by atoms with Gasteiger partial charge in [0.05, 0.1) is 6.54 Å². The van der Waals surface area contributed by atoms with E-state index in [4.69, 9.17) is 4.52 Å². The first-order valence-electron chi connectivity index (χ1n) is 8.40. The molecule has 1 atom stereocenters. The summed E-state index contributed by atoms with van der Waals surface area (Å²) in [5, 5.41) is 17.2. The van der Waals surface area contributed by atoms with E-state index >= 15 is 0 Å². The van der Waals surface area contributed by atoms with Crippen LogP contribution >= 0.6 is 0 Å². The molecule has 3 heterocycles. The topological polar surface area (TPSA) is 117 Å². The molecule has 25 heavy (non-hydrogen) atoms. The van der Waals surface area contributed by atoms with Crippen molar-refractivity contribution in [2.45, 2.75) is 38.2 Å². The predicted molar refractivity (Wildman–Crippen MR) is 88.8 cm³/mol. The molecule has 134 valence electrons. The first-order chi connectivity index (χ1) is 12.1. The Bertz CT molecular complexity index is 707. The van der Waals surface area contributed by atoms with Crippen molar-refractivity contribution >= 4 is 11.9 Å². The van der Waals surface area contributed by atoms with E-state index in [1.807, 2.05) is 11.8 Å². The fourth-order valence-corrected chi connectivity index (χ4v) is 2.73. The first-order valence-corrected chi connectivity index (χ1v) is 8.40. The number of aromatic nitrogens is 4. The van der Waals surface area contributed by atoms with Crippen LogP contribution in [0.25, 0.3) is 0 Å². The van der Waals surface area contributed by atoms with Gasteiger partial charge in [0, 0.05) is 44.7 Å². The minimum atomic E-state index is -0.977. The van der Waals surface area contributed by atoms with Crippen molar-refractivity contribution in [1.82, 2.24) is 25.4 Å². The minimum Gasteiger partial charge on any atom is -0.386 e. The Labute approximate surface area is 145 Å². The van der Waals surface area contributed by atoms with Crippen LogP contribution < -0.4 is 10.2 Å². The molecule has 9 nitrogen and oxygen atoms in total. The Morgan fingerprint density at radius 3 is 2.96 bits per heavy atom. The third-order valence-electron chi connectivity index (χ3n) is 4.17. The van der Waals surface area contributed by atoms with Gasteiger partial charge in [0.15, 0.2) is 5.82 Å². The number of aliphatic hydroxyl groups is 1. The maximum absolute atomic E-state index is 12.0. The molecule has 1 amide bonds. The molecular formula is C16H22N6O3. The van der Waals surface area contributed by atoms with E-state index in [2.05, 4.69) is 25.4 Å². The standard InChI is InChI=1S/C16H22N6O3/c1-2-12-20-14(25-21-12)5-4-13(23)19-10-16(24)6-9-22(11-16)15-17-7-3-8-18-15/h3,7-8,24H,2,4-6,9-11H2,1H3,(H,19,23)/t16-/m0/s1. The average molecular weight is 346 g/mol. The van der Waals surface area contributed by atoms with Gasteiger partial charge in [-0.15, -0.1) is 0 Å². The summed E-state index contributed by atoms with van der Waals surface area (Å²) < 4.78 is 5.06. The smallest absolute Gasteiger partial charge is 0.227 e. The van der Waals surface area contributed by atoms with Gasteiger partial charge in [0.1, 0.15) is 5.60 Å². The van der Waals surface area contributed by atoms with Crippen LogP contribution in [0.3, 0.4) is 0 Å². The van der Waals surface area contributed by atoms with Crippen molar-refractivity contribution in [3.63, 3.8) is 0 Å². The summed E-state index contributed by atoms with van der Waals surface area (Å²) in [7, 11) is 0. The molecule has 0 aliphatic carbocycles. The van der Waals surface area contributed by atoms with E-state index in [9.17, 15) is 9.90 Å². The molecule has 2 aromatic heterocycles. The highest BCUT2D eigenvalue weighted by Crippen LogP contribution is 2.23. The Hall–Kier alpha value is -2.55. The van der Waals surface area contributed by atoms with Gasteiger partial charge in [-0.2, -0.15) is 4.98 Å². The molecule has 1 saturated heterocycles. The molecule has 2 aromatic rings. The van der Waals surface area contributed by atoms with Crippen molar-refractivity contribution in [3.05, 3.63) is 30.2 Å². The molecule has 0 saturated carbocycles. The van der Waals surface area contributed by atoms with Crippen molar-refractivity contribution in [1.29, 1.82) is 0 Å². The zero-order valence-electron chi connectivity index (χ0n) is 14.2. The first kappa shape index (κ1) is 17.3. The number of carbonyl (C=O) groups excluding carboxylic acids is 1. The number of hydrogen-bond donors (Lipinski definition) is 2. The lowest BCUT2D eigenvalue weighted by Gasteiger charge is -2.23. The van der Waals surface area contributed by atoms with Gasteiger partial charge in [-0.1, -0.05) is 12.1 Å². The number of rotatable bonds is 7. The minimum absolute atomic E-state index is 0.154. The molecule has 1 aliphatic rings. The van der Waals surface area contributed by atoms with Crippen LogP contribution in [0.5, 0.6) is 0 Å². The largest absolute Gasteiger partial charge is 0.386 e. The Balaban J connectivity index is 1.44. The van der Waals surface area contributed by atoms with Gasteiger partial charge in [0.25, 0.3) is 0 Å². The Morgan fingerprint density at radius 2 is 2.24 bits per heavy atom. The summed E-state index contributed by atoms with van der Waals surface area (Å²) in [5.41, 5.74) is -0.977. The number of anilines is 1. The van der Waals surface area contributed by atoms with Crippen LogP contribution in [-0.4, -0.2) is 56.4 Å². The third-order valence-corrected chi connectivity index (χ3v) is 4.17. The summed E-state index contributed by atoms with van der Waals surface area (Å²) in [5.74, 6) is 1.53. The number of amides is 1. The van der Waals surface area contributed by atoms with Crippen molar-refractivity contribution in [2.75, 3.05) is 24.5 Å². The number of nitrogens with one attached hydrogen (secondary N) is 1. The second-order valence-electron chi connectivity index (χ2n) is 6.18. The van der Waals surface area contributed by atoms with Crippen LogP contribution in [0.15, 0.2) is 23.0 Å². The fraction of sp³-hybridized carbons (Fsp3) is 0.562. The van der Waals surface area contributed by atoms with E-state index < -0.39 is 5.60 Å². The molecule has 1 fully saturated rings. The predicted octanol–water partition coefficient (Wildman–Crippen LogP) is 0.112. The van der Waals surface area contributed by atoms with Crippen LogP contribution in [0.4, 0.5) is 5.95 Å². The lowest BCUT2D eigenvalue weighted by Crippen LogP contribution is -2.45. The number of nitrogens with zero attached hydrogens (tertiary/aromatic N) is 5. The molecule has 0 radical (unpaired) electrons. The highest BCUT2D eigenvalue weighted by atomic mass is 16.5. The lowest BCUT2D eigenvalue weighted by molar-refractivity contribution is -0.122. The number of β-amino-alcohol motifs (C(OH)–C–C–N with tert-alkyl or cyclic N) is 1. The van der Waals surface area contributed by atoms with E-state index in [1.54, 1.807) is 18.5 Å². The highest BCUT2D eigenvalue weighted by molar-refractivity contribution is 5.76. The quantitative estimate of drug-likeness (QED) is 0.725. The second-order valence-corrected chi connectivity index (χ2v) is 6.18. The van der Waals surface area contributed by atoms with Gasteiger partial charge in [0.2, 0.25) is 17.7 Å². The monoisotopic (exact) mass is 346 g/mol. The maximum Gasteiger partial charge on any atom is 0.227 e. The van der Waals surface area contributed by atoms with Crippen molar-refractivity contribution in [3.8, 4) is 0 Å². The van der Waals surface area contributed by atoms with Gasteiger partial charge < -0.3 is 19.8 Å². The van der Waals surface area contributed by atoms with E-state index in [1.165, 1.54) is 0 Å². The van der Waals surface area contributed by atoms with E-state index in [0.29, 0.717) is 50.0 Å². The zero-order valence-corrected chi connectivity index (χ0v) is 14.2. The number of carbonyl (C=O) groups is 1. The third kappa shape index (κ3) is 4.50. The highest BCUT2D eigenvalue weighted by Gasteiger charge is 2.37. The molecule has 0 aromatic carbocycles. The molecule has 1 aliphatic heterocycles. The van der Waals surface area contributed by atoms with Crippen LogP contribution in [-0.2, 0) is 17.6 Å². The second kappa shape index (κ2) is 7.56. The Morgan fingerprint density at radius 1 is 1.44 bits per heavy atom. The number of aryl methyl sites for hydroxylation is 2. The SMILES string of the molecule is CCc1noc(CCC(=O)NC[C@@]2(O)CCN(c3ncccn3)C2)n1. The summed E-state index contributed by atoms with van der Waals surface area (Å²) in [6.45, 7) is 3.17. The van der Waals surface area contributed by atoms with Crippen LogP contribution in [0.1, 0.15) is 31.5 Å². The number of hydrogen-bond acceptors (Lipinski definition) is 8. The van der Waals surface area contributed by atoms with Gasteiger partial charge in [-0.05, 0) is 12.5 Å². The van der Waals surface area contributed by atoms with Gasteiger partial charge in [-0.25, -0.2) is 9.97 Å².